The Bertz CT molecular complexity index is 316. The fraction of sp³-hybridized carbons (Fsp3) is 0.929. The van der Waals surface area contributed by atoms with Gasteiger partial charge in [0, 0.05) is 18.1 Å². The number of carbonyl (C=O) groups excluding carboxylic acids is 1. The van der Waals surface area contributed by atoms with Gasteiger partial charge in [0.25, 0.3) is 0 Å². The van der Waals surface area contributed by atoms with E-state index in [-0.39, 0.29) is 30.1 Å². The highest BCUT2D eigenvalue weighted by molar-refractivity contribution is 5.74. The average molecular weight is 270 g/mol. The predicted octanol–water partition coefficient (Wildman–Crippen LogP) is 1.40. The van der Waals surface area contributed by atoms with Gasteiger partial charge >= 0.3 is 6.03 Å². The molecule has 2 aliphatic rings. The van der Waals surface area contributed by atoms with Crippen LogP contribution in [0, 0.1) is 5.41 Å². The summed E-state index contributed by atoms with van der Waals surface area (Å²) in [6, 6.07) is -0.160. The van der Waals surface area contributed by atoms with E-state index in [0.717, 1.165) is 25.9 Å². The largest absolute Gasteiger partial charge is 0.394 e. The third-order valence-corrected chi connectivity index (χ3v) is 4.64. The molecule has 5 nitrogen and oxygen atoms in total. The van der Waals surface area contributed by atoms with Gasteiger partial charge in [-0.05, 0) is 33.1 Å². The van der Waals surface area contributed by atoms with Crippen molar-refractivity contribution >= 4 is 6.03 Å². The molecule has 0 aromatic heterocycles. The Morgan fingerprint density at radius 3 is 2.74 bits per heavy atom. The third-order valence-electron chi connectivity index (χ3n) is 4.64. The minimum absolute atomic E-state index is 0.0369. The lowest BCUT2D eigenvalue weighted by atomic mass is 9.60. The van der Waals surface area contributed by atoms with Crippen molar-refractivity contribution in [3.63, 3.8) is 0 Å². The molecule has 0 aliphatic heterocycles. The Morgan fingerprint density at radius 1 is 1.47 bits per heavy atom. The van der Waals surface area contributed by atoms with Gasteiger partial charge < -0.3 is 20.5 Å². The topological polar surface area (TPSA) is 70.6 Å². The Hall–Kier alpha value is -0.810. The first-order valence-corrected chi connectivity index (χ1v) is 7.42. The third kappa shape index (κ3) is 2.87. The standard InChI is InChI=1S/C14H26N2O3/c1-3-19-12-8-11(14(12)6-4-5-7-14)16-13(18)15-10(2)9-17/h10-12,17H,3-9H2,1-2H3,(H2,15,16,18)/t10-,11?,12?/m0/s1. The van der Waals surface area contributed by atoms with Crippen LogP contribution in [-0.2, 0) is 4.74 Å². The van der Waals surface area contributed by atoms with Crippen LogP contribution in [0.3, 0.4) is 0 Å². The van der Waals surface area contributed by atoms with Crippen LogP contribution in [-0.4, -0.2) is 42.5 Å². The first-order valence-electron chi connectivity index (χ1n) is 7.42. The van der Waals surface area contributed by atoms with Crippen LogP contribution in [0.15, 0.2) is 0 Å². The summed E-state index contributed by atoms with van der Waals surface area (Å²) >= 11 is 0. The number of carbonyl (C=O) groups is 1. The van der Waals surface area contributed by atoms with Gasteiger partial charge in [-0.1, -0.05) is 12.8 Å². The number of nitrogens with one attached hydrogen (secondary N) is 2. The number of amides is 2. The molecule has 3 atom stereocenters. The fourth-order valence-electron chi connectivity index (χ4n) is 3.56. The van der Waals surface area contributed by atoms with Crippen molar-refractivity contribution in [3.05, 3.63) is 0 Å². The number of rotatable bonds is 5. The van der Waals surface area contributed by atoms with E-state index in [1.165, 1.54) is 12.8 Å². The van der Waals surface area contributed by atoms with E-state index in [1.54, 1.807) is 6.92 Å². The van der Waals surface area contributed by atoms with E-state index in [0.29, 0.717) is 6.10 Å². The number of hydrogen-bond acceptors (Lipinski definition) is 3. The van der Waals surface area contributed by atoms with E-state index in [9.17, 15) is 4.79 Å². The zero-order valence-corrected chi connectivity index (χ0v) is 11.9. The van der Waals surface area contributed by atoms with Crippen LogP contribution in [0.25, 0.3) is 0 Å². The molecule has 2 unspecified atom stereocenters. The maximum absolute atomic E-state index is 11.8. The normalized spacial score (nSPS) is 29.8. The molecule has 1 spiro atoms. The van der Waals surface area contributed by atoms with E-state index in [1.807, 2.05) is 6.92 Å². The summed E-state index contributed by atoms with van der Waals surface area (Å²) in [4.78, 5) is 11.8. The molecule has 2 fully saturated rings. The van der Waals surface area contributed by atoms with Crippen molar-refractivity contribution in [1.29, 1.82) is 0 Å². The van der Waals surface area contributed by atoms with Gasteiger partial charge in [-0.15, -0.1) is 0 Å². The second kappa shape index (κ2) is 6.09. The monoisotopic (exact) mass is 270 g/mol. The lowest BCUT2D eigenvalue weighted by Gasteiger charge is -2.54. The van der Waals surface area contributed by atoms with E-state index < -0.39 is 0 Å². The van der Waals surface area contributed by atoms with Gasteiger partial charge in [-0.2, -0.15) is 0 Å². The van der Waals surface area contributed by atoms with Crippen LogP contribution in [0.4, 0.5) is 4.79 Å². The summed E-state index contributed by atoms with van der Waals surface area (Å²) in [6.45, 7) is 4.52. The molecule has 0 aromatic rings. The zero-order chi connectivity index (χ0) is 13.9. The highest BCUT2D eigenvalue weighted by Crippen LogP contribution is 2.54. The maximum atomic E-state index is 11.8. The molecule has 0 aromatic carbocycles. The summed E-state index contributed by atoms with van der Waals surface area (Å²) in [5.41, 5.74) is 0.163. The lowest BCUT2D eigenvalue weighted by molar-refractivity contribution is -0.126. The van der Waals surface area contributed by atoms with Crippen molar-refractivity contribution in [2.45, 2.75) is 64.1 Å². The first kappa shape index (κ1) is 14.6. The zero-order valence-electron chi connectivity index (χ0n) is 11.9. The molecule has 0 bridgehead atoms. The average Bonchev–Trinajstić information content (AvgIpc) is 2.89. The van der Waals surface area contributed by atoms with Gasteiger partial charge in [-0.3, -0.25) is 0 Å². The van der Waals surface area contributed by atoms with Crippen molar-refractivity contribution in [2.75, 3.05) is 13.2 Å². The maximum Gasteiger partial charge on any atom is 0.315 e. The predicted molar refractivity (Wildman–Crippen MR) is 72.9 cm³/mol. The molecule has 2 aliphatic carbocycles. The van der Waals surface area contributed by atoms with Gasteiger partial charge in [0.2, 0.25) is 0 Å². The number of hydrogen-bond donors (Lipinski definition) is 3. The Morgan fingerprint density at radius 2 is 2.16 bits per heavy atom. The summed E-state index contributed by atoms with van der Waals surface area (Å²) in [6.07, 6.45) is 5.98. The van der Waals surface area contributed by atoms with Crippen LogP contribution >= 0.6 is 0 Å². The number of aliphatic hydroxyl groups excluding tert-OH is 1. The molecule has 0 radical (unpaired) electrons. The summed E-state index contributed by atoms with van der Waals surface area (Å²) < 4.78 is 5.82. The summed E-state index contributed by atoms with van der Waals surface area (Å²) in [5.74, 6) is 0. The van der Waals surface area contributed by atoms with Gasteiger partial charge in [0.15, 0.2) is 0 Å². The molecule has 2 amide bonds. The molecule has 19 heavy (non-hydrogen) atoms. The highest BCUT2D eigenvalue weighted by atomic mass is 16.5. The SMILES string of the molecule is CCOC1CC(NC(=O)N[C@@H](C)CO)C12CCCC2. The molecule has 2 saturated carbocycles. The smallest absolute Gasteiger partial charge is 0.315 e. The van der Waals surface area contributed by atoms with E-state index in [4.69, 9.17) is 9.84 Å². The highest BCUT2D eigenvalue weighted by Gasteiger charge is 2.57. The molecular weight excluding hydrogens is 244 g/mol. The van der Waals surface area contributed by atoms with Crippen molar-refractivity contribution in [3.8, 4) is 0 Å². The fourth-order valence-corrected chi connectivity index (χ4v) is 3.56. The van der Waals surface area contributed by atoms with Crippen LogP contribution in [0.2, 0.25) is 0 Å². The lowest BCUT2D eigenvalue weighted by Crippen LogP contribution is -2.65. The second-order valence-corrected chi connectivity index (χ2v) is 5.87. The molecule has 3 N–H and O–H groups in total. The minimum atomic E-state index is -0.206. The van der Waals surface area contributed by atoms with Crippen LogP contribution < -0.4 is 10.6 Å². The second-order valence-electron chi connectivity index (χ2n) is 5.87. The quantitative estimate of drug-likeness (QED) is 0.707. The molecule has 110 valence electrons. The summed E-state index contributed by atoms with van der Waals surface area (Å²) in [5, 5.41) is 14.7. The van der Waals surface area contributed by atoms with E-state index in [2.05, 4.69) is 10.6 Å². The first-order chi connectivity index (χ1) is 9.12. The number of urea groups is 1. The molecular formula is C14H26N2O3. The Labute approximate surface area is 115 Å². The molecule has 5 heteroatoms. The van der Waals surface area contributed by atoms with Crippen LogP contribution in [0.1, 0.15) is 46.0 Å². The minimum Gasteiger partial charge on any atom is -0.394 e. The number of aliphatic hydroxyl groups is 1. The number of ether oxygens (including phenoxy) is 1. The Kier molecular flexibility index (Phi) is 4.68. The van der Waals surface area contributed by atoms with E-state index >= 15 is 0 Å². The van der Waals surface area contributed by atoms with Gasteiger partial charge in [-0.25, -0.2) is 4.79 Å². The Balaban J connectivity index is 1.89. The molecule has 0 saturated heterocycles. The van der Waals surface area contributed by atoms with Gasteiger partial charge in [0.05, 0.1) is 18.8 Å². The van der Waals surface area contributed by atoms with Crippen molar-refractivity contribution < 1.29 is 14.6 Å². The van der Waals surface area contributed by atoms with Crippen molar-refractivity contribution in [2.24, 2.45) is 5.41 Å². The molecule has 2 rings (SSSR count). The molecule has 0 heterocycles. The van der Waals surface area contributed by atoms with Gasteiger partial charge in [0.1, 0.15) is 0 Å². The van der Waals surface area contributed by atoms with Crippen LogP contribution in [0.5, 0.6) is 0 Å². The summed E-state index contributed by atoms with van der Waals surface area (Å²) in [7, 11) is 0. The van der Waals surface area contributed by atoms with Crippen molar-refractivity contribution in [1.82, 2.24) is 10.6 Å².